The van der Waals surface area contributed by atoms with Crippen molar-refractivity contribution in [1.29, 1.82) is 0 Å². The molecule has 0 spiro atoms. The molecule has 29 heavy (non-hydrogen) atoms. The molecule has 2 N–H and O–H groups in total. The number of aryl methyl sites for hydroxylation is 1. The van der Waals surface area contributed by atoms with Gasteiger partial charge in [0.05, 0.1) is 17.1 Å². The van der Waals surface area contributed by atoms with Crippen LogP contribution < -0.4 is 15.5 Å². The Balaban J connectivity index is 0.00000300. The second kappa shape index (κ2) is 9.78. The molecule has 0 aliphatic carbocycles. The number of nitrogens with one attached hydrogen (secondary N) is 2. The first-order chi connectivity index (χ1) is 13.3. The van der Waals surface area contributed by atoms with E-state index in [0.29, 0.717) is 43.1 Å². The van der Waals surface area contributed by atoms with Gasteiger partial charge >= 0.3 is 6.18 Å². The van der Waals surface area contributed by atoms with E-state index in [1.54, 1.807) is 14.0 Å². The number of aliphatic imine (C=N–C) groups is 1. The lowest BCUT2D eigenvalue weighted by atomic mass is 10.2. The van der Waals surface area contributed by atoms with Gasteiger partial charge in [0.1, 0.15) is 5.82 Å². The van der Waals surface area contributed by atoms with Crippen LogP contribution in [0.2, 0.25) is 5.02 Å². The standard InChI is InChI=1S/C16H19ClF3N7O.HI/c1-9-24-13(28-26-9)7-23-15(21-2)25-11-3-4-27(8-11)14-12(17)5-10(6-22-14)16(18,19)20;/h5-6,11H,3-4,7-8H2,1-2H3,(H2,21,23,25);1H. The second-order valence-electron chi connectivity index (χ2n) is 6.26. The highest BCUT2D eigenvalue weighted by atomic mass is 127. The largest absolute Gasteiger partial charge is 0.417 e. The van der Waals surface area contributed by atoms with E-state index >= 15 is 0 Å². The Hall–Kier alpha value is -1.83. The first-order valence-corrected chi connectivity index (χ1v) is 8.88. The van der Waals surface area contributed by atoms with Crippen LogP contribution in [0.1, 0.15) is 23.7 Å². The molecule has 13 heteroatoms. The minimum Gasteiger partial charge on any atom is -0.353 e. The maximum atomic E-state index is 12.8. The molecular formula is C16H20ClF3IN7O. The molecule has 1 aliphatic rings. The van der Waals surface area contributed by atoms with E-state index in [0.717, 1.165) is 18.7 Å². The lowest BCUT2D eigenvalue weighted by molar-refractivity contribution is -0.137. The molecule has 2 aromatic rings. The molecule has 0 aromatic carbocycles. The fourth-order valence-electron chi connectivity index (χ4n) is 2.85. The van der Waals surface area contributed by atoms with Crippen LogP contribution in [0.3, 0.4) is 0 Å². The van der Waals surface area contributed by atoms with Gasteiger partial charge in [0.15, 0.2) is 11.8 Å². The minimum atomic E-state index is -4.47. The van der Waals surface area contributed by atoms with E-state index < -0.39 is 11.7 Å². The first kappa shape index (κ1) is 23.4. The summed E-state index contributed by atoms with van der Waals surface area (Å²) in [4.78, 5) is 14.0. The highest BCUT2D eigenvalue weighted by Crippen LogP contribution is 2.34. The van der Waals surface area contributed by atoms with Gasteiger partial charge in [0.25, 0.3) is 0 Å². The third kappa shape index (κ3) is 6.07. The van der Waals surface area contributed by atoms with Crippen LogP contribution in [0.15, 0.2) is 21.8 Å². The van der Waals surface area contributed by atoms with Crippen molar-refractivity contribution in [3.05, 3.63) is 34.6 Å². The van der Waals surface area contributed by atoms with E-state index in [1.807, 2.05) is 4.90 Å². The van der Waals surface area contributed by atoms with Crippen molar-refractivity contribution < 1.29 is 17.7 Å². The lowest BCUT2D eigenvalue weighted by Crippen LogP contribution is -2.44. The zero-order valence-corrected chi connectivity index (χ0v) is 18.7. The molecule has 0 saturated carbocycles. The summed E-state index contributed by atoms with van der Waals surface area (Å²) in [6, 6.07) is 0.924. The van der Waals surface area contributed by atoms with Gasteiger partial charge in [-0.1, -0.05) is 16.8 Å². The Labute approximate surface area is 187 Å². The fourth-order valence-corrected chi connectivity index (χ4v) is 3.13. The number of hydrogen-bond acceptors (Lipinski definition) is 6. The summed E-state index contributed by atoms with van der Waals surface area (Å²) in [5.74, 6) is 1.87. The number of hydrogen-bond donors (Lipinski definition) is 2. The number of guanidine groups is 1. The third-order valence-corrected chi connectivity index (χ3v) is 4.46. The highest BCUT2D eigenvalue weighted by Gasteiger charge is 2.33. The van der Waals surface area contributed by atoms with Gasteiger partial charge in [-0.25, -0.2) is 4.98 Å². The van der Waals surface area contributed by atoms with Crippen molar-refractivity contribution in [3.63, 3.8) is 0 Å². The van der Waals surface area contributed by atoms with Gasteiger partial charge < -0.3 is 20.1 Å². The Morgan fingerprint density at radius 2 is 2.21 bits per heavy atom. The maximum absolute atomic E-state index is 12.8. The van der Waals surface area contributed by atoms with Crippen molar-refractivity contribution in [1.82, 2.24) is 25.8 Å². The van der Waals surface area contributed by atoms with Gasteiger partial charge in [-0.15, -0.1) is 24.0 Å². The average Bonchev–Trinajstić information content (AvgIpc) is 3.26. The Morgan fingerprint density at radius 3 is 2.79 bits per heavy atom. The zero-order chi connectivity index (χ0) is 20.3. The molecule has 1 atom stereocenters. The molecule has 1 aliphatic heterocycles. The Morgan fingerprint density at radius 1 is 1.45 bits per heavy atom. The molecule has 3 heterocycles. The van der Waals surface area contributed by atoms with Crippen LogP contribution >= 0.6 is 35.6 Å². The van der Waals surface area contributed by atoms with Crippen molar-refractivity contribution >= 4 is 47.4 Å². The van der Waals surface area contributed by atoms with E-state index in [9.17, 15) is 13.2 Å². The molecule has 160 valence electrons. The summed E-state index contributed by atoms with van der Waals surface area (Å²) >= 11 is 6.03. The molecule has 3 rings (SSSR count). The molecule has 1 saturated heterocycles. The second-order valence-corrected chi connectivity index (χ2v) is 6.67. The van der Waals surface area contributed by atoms with Crippen molar-refractivity contribution in [2.24, 2.45) is 4.99 Å². The Kier molecular flexibility index (Phi) is 7.91. The number of rotatable bonds is 4. The van der Waals surface area contributed by atoms with Gasteiger partial charge in [0, 0.05) is 32.4 Å². The number of nitrogens with zero attached hydrogens (tertiary/aromatic N) is 5. The number of pyridine rings is 1. The predicted octanol–water partition coefficient (Wildman–Crippen LogP) is 3.01. The molecular weight excluding hydrogens is 526 g/mol. The van der Waals surface area contributed by atoms with Crippen molar-refractivity contribution in [3.8, 4) is 0 Å². The summed E-state index contributed by atoms with van der Waals surface area (Å²) < 4.78 is 43.3. The topological polar surface area (TPSA) is 91.5 Å². The van der Waals surface area contributed by atoms with E-state index in [4.69, 9.17) is 16.1 Å². The number of anilines is 1. The van der Waals surface area contributed by atoms with Crippen LogP contribution in [0.5, 0.6) is 0 Å². The average molecular weight is 546 g/mol. The quantitative estimate of drug-likeness (QED) is 0.347. The highest BCUT2D eigenvalue weighted by molar-refractivity contribution is 14.0. The molecule has 1 fully saturated rings. The normalized spacial score (nSPS) is 17.2. The zero-order valence-electron chi connectivity index (χ0n) is 15.6. The van der Waals surface area contributed by atoms with Gasteiger partial charge in [-0.2, -0.15) is 18.2 Å². The summed E-state index contributed by atoms with van der Waals surface area (Å²) in [7, 11) is 1.63. The number of aromatic nitrogens is 3. The van der Waals surface area contributed by atoms with Gasteiger partial charge in [0.2, 0.25) is 5.89 Å². The van der Waals surface area contributed by atoms with Crippen LogP contribution in [0, 0.1) is 6.92 Å². The van der Waals surface area contributed by atoms with E-state index in [1.165, 1.54) is 0 Å². The predicted molar refractivity (Wildman–Crippen MR) is 113 cm³/mol. The monoisotopic (exact) mass is 545 g/mol. The minimum absolute atomic E-state index is 0. The number of alkyl halides is 3. The van der Waals surface area contributed by atoms with Gasteiger partial charge in [-0.05, 0) is 19.4 Å². The van der Waals surface area contributed by atoms with Crippen molar-refractivity contribution in [2.45, 2.75) is 32.1 Å². The van der Waals surface area contributed by atoms with Crippen LogP contribution in [-0.4, -0.2) is 47.3 Å². The molecule has 8 nitrogen and oxygen atoms in total. The number of halogens is 5. The Bertz CT molecular complexity index is 861. The van der Waals surface area contributed by atoms with Crippen LogP contribution in [0.4, 0.5) is 19.0 Å². The maximum Gasteiger partial charge on any atom is 0.417 e. The summed E-state index contributed by atoms with van der Waals surface area (Å²) in [5.41, 5.74) is -0.865. The smallest absolute Gasteiger partial charge is 0.353 e. The van der Waals surface area contributed by atoms with E-state index in [2.05, 4.69) is 30.8 Å². The SMILES string of the molecule is CN=C(NCc1nc(C)no1)NC1CCN(c2ncc(C(F)(F)F)cc2Cl)C1.I. The third-order valence-electron chi connectivity index (χ3n) is 4.18. The molecule has 0 bridgehead atoms. The summed E-state index contributed by atoms with van der Waals surface area (Å²) in [5, 5.41) is 10.0. The molecule has 0 radical (unpaired) electrons. The summed E-state index contributed by atoms with van der Waals surface area (Å²) in [6.07, 6.45) is -2.92. The first-order valence-electron chi connectivity index (χ1n) is 8.50. The van der Waals surface area contributed by atoms with Crippen LogP contribution in [-0.2, 0) is 12.7 Å². The lowest BCUT2D eigenvalue weighted by Gasteiger charge is -2.20. The van der Waals surface area contributed by atoms with E-state index in [-0.39, 0.29) is 35.0 Å². The molecule has 1 unspecified atom stereocenters. The van der Waals surface area contributed by atoms with Crippen LogP contribution in [0.25, 0.3) is 0 Å². The van der Waals surface area contributed by atoms with Crippen molar-refractivity contribution in [2.75, 3.05) is 25.0 Å². The molecule has 2 aromatic heterocycles. The summed E-state index contributed by atoms with van der Waals surface area (Å²) in [6.45, 7) is 3.19. The fraction of sp³-hybridized carbons (Fsp3) is 0.500. The van der Waals surface area contributed by atoms with Gasteiger partial charge in [-0.3, -0.25) is 4.99 Å². The molecule has 0 amide bonds.